The monoisotopic (exact) mass is 516 g/mol. The standard InChI is InChI=1S/C30H44O5S/c1-19-6-9-24(10-7-19)36(32,33)35-20(2)26-12-13-27-25-11-8-22-18-23(34-21(3)31)14-16-29(22,4)28(25)15-17-30(26,27)5/h6-7,9-10,20,22-23,25-28H,8,11-18H2,1-5H3/t20?,22?,23?,25-,26+,27-,28-,29-,30+/m0/s1. The number of aryl methyl sites for hydroxylation is 1. The molecule has 4 saturated carbocycles. The van der Waals surface area contributed by atoms with Crippen LogP contribution in [0.2, 0.25) is 0 Å². The summed E-state index contributed by atoms with van der Waals surface area (Å²) >= 11 is 0. The molecule has 0 amide bonds. The summed E-state index contributed by atoms with van der Waals surface area (Å²) in [5.74, 6) is 2.82. The van der Waals surface area contributed by atoms with Crippen LogP contribution in [0.5, 0.6) is 0 Å². The van der Waals surface area contributed by atoms with Gasteiger partial charge in [0.1, 0.15) is 6.10 Å². The van der Waals surface area contributed by atoms with E-state index in [4.69, 9.17) is 8.92 Å². The number of benzene rings is 1. The first-order valence-electron chi connectivity index (χ1n) is 14.1. The molecule has 1 aromatic carbocycles. The highest BCUT2D eigenvalue weighted by atomic mass is 32.2. The van der Waals surface area contributed by atoms with E-state index in [1.54, 1.807) is 12.1 Å². The number of ether oxygens (including phenoxy) is 1. The summed E-state index contributed by atoms with van der Waals surface area (Å²) in [6.45, 7) is 10.4. The molecule has 4 fully saturated rings. The smallest absolute Gasteiger partial charge is 0.302 e. The van der Waals surface area contributed by atoms with Gasteiger partial charge in [-0.15, -0.1) is 0 Å². The summed E-state index contributed by atoms with van der Waals surface area (Å²) in [7, 11) is -3.78. The zero-order valence-electron chi connectivity index (χ0n) is 22.7. The molecule has 0 radical (unpaired) electrons. The van der Waals surface area contributed by atoms with Crippen LogP contribution in [-0.4, -0.2) is 26.6 Å². The van der Waals surface area contributed by atoms with Gasteiger partial charge in [0, 0.05) is 6.92 Å². The van der Waals surface area contributed by atoms with Crippen molar-refractivity contribution in [3.8, 4) is 0 Å². The Bertz CT molecular complexity index is 1080. The fraction of sp³-hybridized carbons (Fsp3) is 0.767. The highest BCUT2D eigenvalue weighted by molar-refractivity contribution is 7.86. The molecule has 9 atom stereocenters. The molecule has 36 heavy (non-hydrogen) atoms. The number of rotatable bonds is 5. The van der Waals surface area contributed by atoms with Gasteiger partial charge in [-0.1, -0.05) is 31.5 Å². The van der Waals surface area contributed by atoms with Gasteiger partial charge in [-0.2, -0.15) is 8.42 Å². The molecule has 0 saturated heterocycles. The van der Waals surface area contributed by atoms with Gasteiger partial charge in [0.05, 0.1) is 11.0 Å². The van der Waals surface area contributed by atoms with Gasteiger partial charge in [0.15, 0.2) is 0 Å². The van der Waals surface area contributed by atoms with Gasteiger partial charge >= 0.3 is 5.97 Å². The molecule has 6 heteroatoms. The Balaban J connectivity index is 1.30. The van der Waals surface area contributed by atoms with Crippen molar-refractivity contribution in [2.45, 2.75) is 110 Å². The highest BCUT2D eigenvalue weighted by Crippen LogP contribution is 2.68. The van der Waals surface area contributed by atoms with Crippen molar-refractivity contribution in [2.75, 3.05) is 0 Å². The predicted molar refractivity (Wildman–Crippen MR) is 140 cm³/mol. The maximum Gasteiger partial charge on any atom is 0.302 e. The summed E-state index contributed by atoms with van der Waals surface area (Å²) in [6.07, 6.45) is 9.99. The third-order valence-corrected chi connectivity index (χ3v) is 12.6. The molecule has 4 aliphatic rings. The van der Waals surface area contributed by atoms with Gasteiger partial charge in [0.25, 0.3) is 10.1 Å². The Morgan fingerprint density at radius 2 is 1.61 bits per heavy atom. The normalized spacial score (nSPS) is 41.0. The first-order valence-corrected chi connectivity index (χ1v) is 15.5. The Morgan fingerprint density at radius 3 is 2.31 bits per heavy atom. The van der Waals surface area contributed by atoms with Crippen LogP contribution < -0.4 is 0 Å². The first kappa shape index (κ1) is 26.2. The molecular weight excluding hydrogens is 472 g/mol. The minimum Gasteiger partial charge on any atom is -0.463 e. The lowest BCUT2D eigenvalue weighted by molar-refractivity contribution is -0.160. The van der Waals surface area contributed by atoms with Crippen molar-refractivity contribution in [3.63, 3.8) is 0 Å². The molecule has 4 aliphatic carbocycles. The summed E-state index contributed by atoms with van der Waals surface area (Å²) in [5.41, 5.74) is 1.49. The Labute approximate surface area is 217 Å². The van der Waals surface area contributed by atoms with Crippen LogP contribution in [0.3, 0.4) is 0 Å². The minimum absolute atomic E-state index is 0.0929. The van der Waals surface area contributed by atoms with Crippen LogP contribution in [0, 0.1) is 47.3 Å². The fourth-order valence-electron chi connectivity index (χ4n) is 9.40. The van der Waals surface area contributed by atoms with E-state index >= 15 is 0 Å². The summed E-state index contributed by atoms with van der Waals surface area (Å²) in [5, 5.41) is 0. The van der Waals surface area contributed by atoms with Crippen molar-refractivity contribution >= 4 is 16.1 Å². The van der Waals surface area contributed by atoms with E-state index in [9.17, 15) is 13.2 Å². The van der Waals surface area contributed by atoms with E-state index in [2.05, 4.69) is 13.8 Å². The number of hydrogen-bond acceptors (Lipinski definition) is 5. The zero-order chi connectivity index (χ0) is 25.9. The van der Waals surface area contributed by atoms with Crippen LogP contribution in [0.1, 0.15) is 91.0 Å². The van der Waals surface area contributed by atoms with Crippen LogP contribution in [0.25, 0.3) is 0 Å². The lowest BCUT2D eigenvalue weighted by atomic mass is 9.44. The lowest BCUT2D eigenvalue weighted by Gasteiger charge is -2.61. The molecule has 0 spiro atoms. The molecule has 0 aliphatic heterocycles. The third-order valence-electron chi connectivity index (χ3n) is 11.2. The van der Waals surface area contributed by atoms with E-state index in [0.717, 1.165) is 43.6 Å². The topological polar surface area (TPSA) is 69.7 Å². The fourth-order valence-corrected chi connectivity index (χ4v) is 10.5. The number of fused-ring (bicyclic) bond motifs is 5. The maximum absolute atomic E-state index is 13.0. The largest absolute Gasteiger partial charge is 0.463 e. The number of carbonyl (C=O) groups excluding carboxylic acids is 1. The number of esters is 1. The van der Waals surface area contributed by atoms with Crippen molar-refractivity contribution in [1.82, 2.24) is 0 Å². The van der Waals surface area contributed by atoms with Crippen LogP contribution in [-0.2, 0) is 23.8 Å². The SMILES string of the molecule is CC(=O)OC1CC[C@@]2(C)C(CC[C@H]3[C@@H]4CC[C@H](C(C)OS(=O)(=O)c5ccc(C)cc5)[C@@]4(C)CC[C@@H]32)C1. The number of hydrogen-bond donors (Lipinski definition) is 0. The van der Waals surface area contributed by atoms with E-state index in [0.29, 0.717) is 23.2 Å². The zero-order valence-corrected chi connectivity index (χ0v) is 23.5. The van der Waals surface area contributed by atoms with Gasteiger partial charge in [0.2, 0.25) is 0 Å². The predicted octanol–water partition coefficient (Wildman–Crippen LogP) is 6.68. The second-order valence-electron chi connectivity index (χ2n) is 13.0. The minimum atomic E-state index is -3.78. The van der Waals surface area contributed by atoms with Gasteiger partial charge in [-0.05, 0) is 124 Å². The molecule has 200 valence electrons. The van der Waals surface area contributed by atoms with Crippen molar-refractivity contribution in [3.05, 3.63) is 29.8 Å². The first-order chi connectivity index (χ1) is 16.9. The van der Waals surface area contributed by atoms with Gasteiger partial charge in [-0.25, -0.2) is 0 Å². The second-order valence-corrected chi connectivity index (χ2v) is 14.5. The molecule has 5 rings (SSSR count). The highest BCUT2D eigenvalue weighted by Gasteiger charge is 2.61. The van der Waals surface area contributed by atoms with E-state index in [1.807, 2.05) is 26.0 Å². The molecule has 3 unspecified atom stereocenters. The van der Waals surface area contributed by atoms with Crippen LogP contribution >= 0.6 is 0 Å². The summed E-state index contributed by atoms with van der Waals surface area (Å²) < 4.78 is 37.6. The van der Waals surface area contributed by atoms with Gasteiger partial charge < -0.3 is 4.74 Å². The molecule has 1 aromatic rings. The molecule has 0 bridgehead atoms. The summed E-state index contributed by atoms with van der Waals surface area (Å²) in [4.78, 5) is 11.8. The Hall–Kier alpha value is -1.40. The van der Waals surface area contributed by atoms with Crippen LogP contribution in [0.4, 0.5) is 0 Å². The molecule has 0 heterocycles. The molecule has 0 N–H and O–H groups in total. The van der Waals surface area contributed by atoms with Crippen molar-refractivity contribution in [1.29, 1.82) is 0 Å². The summed E-state index contributed by atoms with van der Waals surface area (Å²) in [6, 6.07) is 6.95. The van der Waals surface area contributed by atoms with E-state index in [-0.39, 0.29) is 34.4 Å². The molecule has 0 aromatic heterocycles. The van der Waals surface area contributed by atoms with Crippen molar-refractivity contribution in [2.24, 2.45) is 40.4 Å². The van der Waals surface area contributed by atoms with E-state index < -0.39 is 10.1 Å². The Morgan fingerprint density at radius 1 is 0.944 bits per heavy atom. The molecular formula is C30H44O5S. The average Bonchev–Trinajstić information content (AvgIpc) is 3.16. The maximum atomic E-state index is 13.0. The third kappa shape index (κ3) is 4.44. The quantitative estimate of drug-likeness (QED) is 0.322. The number of carbonyl (C=O) groups is 1. The van der Waals surface area contributed by atoms with Crippen molar-refractivity contribution < 1.29 is 22.1 Å². The second kappa shape index (κ2) is 9.41. The van der Waals surface area contributed by atoms with E-state index in [1.165, 1.54) is 32.6 Å². The van der Waals surface area contributed by atoms with Crippen LogP contribution in [0.15, 0.2) is 29.2 Å². The van der Waals surface area contributed by atoms with Gasteiger partial charge in [-0.3, -0.25) is 8.98 Å². The Kier molecular flexibility index (Phi) is 6.85. The molecule has 5 nitrogen and oxygen atoms in total. The lowest BCUT2D eigenvalue weighted by Crippen LogP contribution is -2.54. The average molecular weight is 517 g/mol.